The van der Waals surface area contributed by atoms with Crippen molar-refractivity contribution in [1.29, 1.82) is 0 Å². The van der Waals surface area contributed by atoms with E-state index in [1.165, 1.54) is 10.9 Å². The lowest BCUT2D eigenvalue weighted by Gasteiger charge is -2.06. The highest BCUT2D eigenvalue weighted by atomic mass is 19.4. The molecule has 3 nitrogen and oxygen atoms in total. The molecule has 0 aliphatic carbocycles. The first-order valence-corrected chi connectivity index (χ1v) is 6.70. The van der Waals surface area contributed by atoms with Crippen LogP contribution in [0.4, 0.5) is 13.2 Å². The van der Waals surface area contributed by atoms with Crippen LogP contribution >= 0.6 is 0 Å². The van der Waals surface area contributed by atoms with Gasteiger partial charge in [-0.1, -0.05) is 24.3 Å². The highest BCUT2D eigenvalue weighted by Gasteiger charge is 2.36. The summed E-state index contributed by atoms with van der Waals surface area (Å²) in [4.78, 5) is 0. The Balaban J connectivity index is 2.29. The van der Waals surface area contributed by atoms with Crippen LogP contribution in [-0.4, -0.2) is 21.5 Å². The maximum Gasteiger partial charge on any atom is 0.435 e. The van der Waals surface area contributed by atoms with Crippen LogP contribution in [0.25, 0.3) is 0 Å². The second-order valence-electron chi connectivity index (χ2n) is 4.95. The molecule has 0 aliphatic rings. The molecule has 1 heterocycles. The second-order valence-corrected chi connectivity index (χ2v) is 4.95. The highest BCUT2D eigenvalue weighted by molar-refractivity contribution is 5.27. The molecule has 2 aromatic rings. The number of benzene rings is 1. The van der Waals surface area contributed by atoms with Gasteiger partial charge < -0.3 is 5.11 Å². The number of aryl methyl sites for hydroxylation is 2. The third-order valence-electron chi connectivity index (χ3n) is 3.30. The number of hydrogen-bond donors (Lipinski definition) is 1. The Bertz CT molecular complexity index is 605. The van der Waals surface area contributed by atoms with E-state index in [2.05, 4.69) is 5.10 Å². The fourth-order valence-electron chi connectivity index (χ4n) is 2.20. The summed E-state index contributed by atoms with van der Waals surface area (Å²) in [7, 11) is 0. The number of aromatic nitrogens is 2. The van der Waals surface area contributed by atoms with E-state index in [-0.39, 0.29) is 18.6 Å². The number of aliphatic hydroxyl groups excluding tert-OH is 1. The van der Waals surface area contributed by atoms with Gasteiger partial charge in [-0.25, -0.2) is 0 Å². The van der Waals surface area contributed by atoms with Gasteiger partial charge in [-0.3, -0.25) is 4.68 Å². The van der Waals surface area contributed by atoms with Gasteiger partial charge in [-0.15, -0.1) is 0 Å². The minimum Gasteiger partial charge on any atom is -0.396 e. The van der Waals surface area contributed by atoms with Gasteiger partial charge in [0.1, 0.15) is 0 Å². The van der Waals surface area contributed by atoms with E-state index in [4.69, 9.17) is 5.11 Å². The standard InChI is InChI=1S/C15H17F3N2O/c1-11-5-2-3-6-12(11)9-20-10-13(7-4-8-21)14(19-20)15(16,17)18/h2-3,5-6,10,21H,4,7-9H2,1H3. The van der Waals surface area contributed by atoms with Crippen molar-refractivity contribution in [3.63, 3.8) is 0 Å². The molecule has 0 fully saturated rings. The summed E-state index contributed by atoms with van der Waals surface area (Å²) in [5, 5.41) is 12.5. The molecular formula is C15H17F3N2O. The Hall–Kier alpha value is -1.82. The SMILES string of the molecule is Cc1ccccc1Cn1cc(CCCO)c(C(F)(F)F)n1. The molecule has 0 atom stereocenters. The van der Waals surface area contributed by atoms with Crippen LogP contribution in [0.15, 0.2) is 30.5 Å². The van der Waals surface area contributed by atoms with E-state index in [0.29, 0.717) is 13.0 Å². The first-order chi connectivity index (χ1) is 9.91. The molecule has 21 heavy (non-hydrogen) atoms. The molecule has 0 radical (unpaired) electrons. The molecular weight excluding hydrogens is 281 g/mol. The van der Waals surface area contributed by atoms with E-state index < -0.39 is 11.9 Å². The molecule has 0 bridgehead atoms. The van der Waals surface area contributed by atoms with Crippen molar-refractivity contribution < 1.29 is 18.3 Å². The summed E-state index contributed by atoms with van der Waals surface area (Å²) in [6.45, 7) is 2.07. The van der Waals surface area contributed by atoms with Gasteiger partial charge in [0, 0.05) is 18.4 Å². The van der Waals surface area contributed by atoms with Gasteiger partial charge >= 0.3 is 6.18 Å². The molecule has 0 saturated heterocycles. The maximum atomic E-state index is 13.0. The molecule has 114 valence electrons. The highest BCUT2D eigenvalue weighted by Crippen LogP contribution is 2.31. The Morgan fingerprint density at radius 2 is 1.90 bits per heavy atom. The Labute approximate surface area is 121 Å². The van der Waals surface area contributed by atoms with E-state index >= 15 is 0 Å². The minimum absolute atomic E-state index is 0.130. The molecule has 0 amide bonds. The summed E-state index contributed by atoms with van der Waals surface area (Å²) >= 11 is 0. The third-order valence-corrected chi connectivity index (χ3v) is 3.30. The van der Waals surface area contributed by atoms with Crippen LogP contribution < -0.4 is 0 Å². The molecule has 0 aliphatic heterocycles. The molecule has 1 N–H and O–H groups in total. The smallest absolute Gasteiger partial charge is 0.396 e. The topological polar surface area (TPSA) is 38.0 Å². The monoisotopic (exact) mass is 298 g/mol. The molecule has 6 heteroatoms. The quantitative estimate of drug-likeness (QED) is 0.920. The summed E-state index contributed by atoms with van der Waals surface area (Å²) in [5.74, 6) is 0. The lowest BCUT2D eigenvalue weighted by molar-refractivity contribution is -0.142. The number of nitrogens with zero attached hydrogens (tertiary/aromatic N) is 2. The van der Waals surface area contributed by atoms with Crippen molar-refractivity contribution in [2.45, 2.75) is 32.5 Å². The predicted molar refractivity (Wildman–Crippen MR) is 72.9 cm³/mol. The van der Waals surface area contributed by atoms with E-state index in [0.717, 1.165) is 11.1 Å². The molecule has 1 aromatic heterocycles. The van der Waals surface area contributed by atoms with Crippen LogP contribution in [0, 0.1) is 6.92 Å². The summed E-state index contributed by atoms with van der Waals surface area (Å²) < 4.78 is 40.2. The average molecular weight is 298 g/mol. The van der Waals surface area contributed by atoms with Crippen molar-refractivity contribution in [1.82, 2.24) is 9.78 Å². The zero-order valence-corrected chi connectivity index (χ0v) is 11.7. The van der Waals surface area contributed by atoms with Crippen LogP contribution in [0.3, 0.4) is 0 Å². The molecule has 0 unspecified atom stereocenters. The van der Waals surface area contributed by atoms with Crippen molar-refractivity contribution in [2.75, 3.05) is 6.61 Å². The van der Waals surface area contributed by atoms with Crippen molar-refractivity contribution in [3.05, 3.63) is 52.8 Å². The van der Waals surface area contributed by atoms with Crippen molar-refractivity contribution in [2.24, 2.45) is 0 Å². The lowest BCUT2D eigenvalue weighted by atomic mass is 10.1. The van der Waals surface area contributed by atoms with Gasteiger partial charge in [0.15, 0.2) is 5.69 Å². The van der Waals surface area contributed by atoms with Gasteiger partial charge in [-0.05, 0) is 30.9 Å². The maximum absolute atomic E-state index is 13.0. The molecule has 0 spiro atoms. The number of halogens is 3. The average Bonchev–Trinajstić information content (AvgIpc) is 2.82. The minimum atomic E-state index is -4.47. The van der Waals surface area contributed by atoms with E-state index in [1.54, 1.807) is 0 Å². The normalized spacial score (nSPS) is 11.9. The van der Waals surface area contributed by atoms with Gasteiger partial charge in [0.25, 0.3) is 0 Å². The zero-order chi connectivity index (χ0) is 15.5. The fraction of sp³-hybridized carbons (Fsp3) is 0.400. The largest absolute Gasteiger partial charge is 0.435 e. The first kappa shape index (κ1) is 15.6. The van der Waals surface area contributed by atoms with Crippen LogP contribution in [0.5, 0.6) is 0 Å². The Kier molecular flexibility index (Phi) is 4.67. The van der Waals surface area contributed by atoms with Crippen molar-refractivity contribution in [3.8, 4) is 0 Å². The summed E-state index contributed by atoms with van der Waals surface area (Å²) in [6, 6.07) is 7.52. The van der Waals surface area contributed by atoms with E-state index in [9.17, 15) is 13.2 Å². The fourth-order valence-corrected chi connectivity index (χ4v) is 2.20. The summed E-state index contributed by atoms with van der Waals surface area (Å²) in [6.07, 6.45) is -2.59. The number of aliphatic hydroxyl groups is 1. The Morgan fingerprint density at radius 1 is 1.19 bits per heavy atom. The zero-order valence-electron chi connectivity index (χ0n) is 11.7. The van der Waals surface area contributed by atoms with Crippen molar-refractivity contribution >= 4 is 0 Å². The van der Waals surface area contributed by atoms with Crippen LogP contribution in [-0.2, 0) is 19.1 Å². The molecule has 1 aromatic carbocycles. The number of alkyl halides is 3. The Morgan fingerprint density at radius 3 is 2.52 bits per heavy atom. The molecule has 2 rings (SSSR count). The predicted octanol–water partition coefficient (Wildman–Crippen LogP) is 3.18. The lowest BCUT2D eigenvalue weighted by Crippen LogP contribution is -2.10. The molecule has 0 saturated carbocycles. The van der Waals surface area contributed by atoms with Gasteiger partial charge in [0.05, 0.1) is 6.54 Å². The number of hydrogen-bond acceptors (Lipinski definition) is 2. The number of rotatable bonds is 5. The second kappa shape index (κ2) is 6.30. The van der Waals surface area contributed by atoms with E-state index in [1.807, 2.05) is 31.2 Å². The van der Waals surface area contributed by atoms with Crippen LogP contribution in [0.1, 0.15) is 28.8 Å². The summed E-state index contributed by atoms with van der Waals surface area (Å²) in [5.41, 5.74) is 1.22. The third kappa shape index (κ3) is 3.85. The van der Waals surface area contributed by atoms with Gasteiger partial charge in [-0.2, -0.15) is 18.3 Å². The first-order valence-electron chi connectivity index (χ1n) is 6.70. The van der Waals surface area contributed by atoms with Crippen LogP contribution in [0.2, 0.25) is 0 Å². The van der Waals surface area contributed by atoms with Gasteiger partial charge in [0.2, 0.25) is 0 Å².